The van der Waals surface area contributed by atoms with Crippen LogP contribution in [0.1, 0.15) is 23.0 Å². The first-order chi connectivity index (χ1) is 20.6. The second kappa shape index (κ2) is 12.5. The van der Waals surface area contributed by atoms with Crippen LogP contribution < -0.4 is 22.3 Å². The molecule has 0 saturated carbocycles. The van der Waals surface area contributed by atoms with Gasteiger partial charge in [-0.1, -0.05) is 23.7 Å². The van der Waals surface area contributed by atoms with Gasteiger partial charge in [-0.3, -0.25) is 9.36 Å². The summed E-state index contributed by atoms with van der Waals surface area (Å²) in [6, 6.07) is 14.3. The van der Waals surface area contributed by atoms with E-state index in [1.807, 2.05) is 0 Å². The minimum atomic E-state index is -1.04. The monoisotopic (exact) mass is 623 g/mol. The van der Waals surface area contributed by atoms with Crippen molar-refractivity contribution in [3.05, 3.63) is 117 Å². The Kier molecular flexibility index (Phi) is 8.71. The molecule has 0 spiro atoms. The van der Waals surface area contributed by atoms with Crippen LogP contribution >= 0.6 is 23.5 Å². The average Bonchev–Trinajstić information content (AvgIpc) is 2.96. The van der Waals surface area contributed by atoms with Gasteiger partial charge in [-0.15, -0.1) is 0 Å². The van der Waals surface area contributed by atoms with Gasteiger partial charge in [0.25, 0.3) is 5.56 Å². The summed E-state index contributed by atoms with van der Waals surface area (Å²) in [4.78, 5) is 23.4. The Labute approximate surface area is 253 Å². The fourth-order valence-electron chi connectivity index (χ4n) is 4.86. The number of anilines is 1. The summed E-state index contributed by atoms with van der Waals surface area (Å²) < 4.78 is 48.1. The van der Waals surface area contributed by atoms with E-state index in [-0.39, 0.29) is 51.0 Å². The van der Waals surface area contributed by atoms with E-state index >= 15 is 0 Å². The molecule has 3 aromatic carbocycles. The number of rotatable bonds is 8. The average molecular weight is 624 g/mol. The molecular weight excluding hydrogens is 599 g/mol. The highest BCUT2D eigenvalue weighted by molar-refractivity contribution is 7.97. The zero-order valence-electron chi connectivity index (χ0n) is 22.9. The Morgan fingerprint density at radius 1 is 1.07 bits per heavy atom. The molecule has 2 heterocycles. The van der Waals surface area contributed by atoms with E-state index in [4.69, 9.17) is 23.1 Å². The van der Waals surface area contributed by atoms with E-state index in [2.05, 4.69) is 19.7 Å². The maximum absolute atomic E-state index is 14.6. The van der Waals surface area contributed by atoms with Crippen LogP contribution in [0.3, 0.4) is 0 Å². The molecule has 5 aromatic rings. The molecule has 2 aromatic heterocycles. The van der Waals surface area contributed by atoms with Crippen LogP contribution in [-0.4, -0.2) is 33.7 Å². The van der Waals surface area contributed by atoms with Gasteiger partial charge in [0.2, 0.25) is 0 Å². The number of amidine groups is 1. The molecule has 0 bridgehead atoms. The van der Waals surface area contributed by atoms with E-state index in [1.54, 1.807) is 43.6 Å². The van der Waals surface area contributed by atoms with Crippen molar-refractivity contribution < 1.29 is 13.2 Å². The highest BCUT2D eigenvalue weighted by Crippen LogP contribution is 2.33. The number of nitrogens with one attached hydrogen (secondary N) is 1. The quantitative estimate of drug-likeness (QED) is 0.114. The number of nitrogens with zero attached hydrogens (tertiary/aromatic N) is 4. The number of hydrogen-bond donors (Lipinski definition) is 3. The molecular formula is C30H25ClF3N7OS. The Balaban J connectivity index is 1.80. The van der Waals surface area contributed by atoms with Crippen LogP contribution in [0.4, 0.5) is 18.9 Å². The fraction of sp³-hybridized carbons (Fsp3) is 0.133. The molecule has 0 fully saturated rings. The number of halogens is 4. The lowest BCUT2D eigenvalue weighted by molar-refractivity contribution is 0.572. The standard InChI is InChI=1S/C30H25ClF3N7OS/c1-37-26-24(10-8-20(31)25(26)27(36)40-43-2)41-29(22(35)13-15-11-16(32)14-17(33)12-15)39-28-19(30(41)42)7-9-23(38-28)18-5-3-4-6-21(18)34/h3-12,14,22,37H,13,35H2,1-2H3,(H2,36,40). The molecule has 1 atom stereocenters. The number of nitrogens with two attached hydrogens (primary N) is 2. The Morgan fingerprint density at radius 2 is 1.79 bits per heavy atom. The molecule has 13 heteroatoms. The summed E-state index contributed by atoms with van der Waals surface area (Å²) in [5.41, 5.74) is 14.1. The Hall–Kier alpha value is -4.39. The smallest absolute Gasteiger partial charge is 0.267 e. The summed E-state index contributed by atoms with van der Waals surface area (Å²) in [5.74, 6) is -1.89. The molecule has 220 valence electrons. The van der Waals surface area contributed by atoms with Crippen molar-refractivity contribution in [2.24, 2.45) is 15.9 Å². The molecule has 0 aliphatic heterocycles. The van der Waals surface area contributed by atoms with Gasteiger partial charge in [-0.25, -0.2) is 23.1 Å². The first-order valence-electron chi connectivity index (χ1n) is 12.9. The third-order valence-corrected chi connectivity index (χ3v) is 7.38. The van der Waals surface area contributed by atoms with Gasteiger partial charge in [0, 0.05) is 24.9 Å². The van der Waals surface area contributed by atoms with Crippen LogP contribution in [0.2, 0.25) is 5.02 Å². The third kappa shape index (κ3) is 5.94. The molecule has 0 aliphatic rings. The number of hydrogen-bond acceptors (Lipinski definition) is 7. The van der Waals surface area contributed by atoms with Gasteiger partial charge >= 0.3 is 0 Å². The van der Waals surface area contributed by atoms with E-state index < -0.39 is 29.1 Å². The Bertz CT molecular complexity index is 1930. The minimum Gasteiger partial charge on any atom is -0.386 e. The molecule has 5 N–H and O–H groups in total. The van der Waals surface area contributed by atoms with E-state index in [1.165, 1.54) is 22.8 Å². The topological polar surface area (TPSA) is 124 Å². The molecule has 5 rings (SSSR count). The summed E-state index contributed by atoms with van der Waals surface area (Å²) in [6.45, 7) is 0. The summed E-state index contributed by atoms with van der Waals surface area (Å²) in [5, 5.41) is 3.45. The summed E-state index contributed by atoms with van der Waals surface area (Å²) in [6.07, 6.45) is 1.65. The van der Waals surface area contributed by atoms with Crippen molar-refractivity contribution >= 4 is 46.1 Å². The van der Waals surface area contributed by atoms with Gasteiger partial charge in [0.1, 0.15) is 29.1 Å². The lowest BCUT2D eigenvalue weighted by Crippen LogP contribution is -2.31. The summed E-state index contributed by atoms with van der Waals surface area (Å²) >= 11 is 7.64. The van der Waals surface area contributed by atoms with Crippen LogP contribution in [0.5, 0.6) is 0 Å². The summed E-state index contributed by atoms with van der Waals surface area (Å²) in [7, 11) is 1.63. The lowest BCUT2D eigenvalue weighted by Gasteiger charge is -2.22. The SMILES string of the molecule is CNc1c(-n2c(C(N)Cc3cc(F)cc(F)c3)nc3nc(-c4ccccc4F)ccc3c2=O)ccc(Cl)c1C(N)=NSC. The van der Waals surface area contributed by atoms with Crippen molar-refractivity contribution in [2.75, 3.05) is 18.6 Å². The molecule has 43 heavy (non-hydrogen) atoms. The fourth-order valence-corrected chi connectivity index (χ4v) is 5.40. The van der Waals surface area contributed by atoms with Crippen LogP contribution in [0, 0.1) is 17.5 Å². The van der Waals surface area contributed by atoms with Crippen LogP contribution in [-0.2, 0) is 6.42 Å². The maximum Gasteiger partial charge on any atom is 0.267 e. The zero-order valence-corrected chi connectivity index (χ0v) is 24.5. The predicted octanol–water partition coefficient (Wildman–Crippen LogP) is 5.79. The molecule has 0 amide bonds. The number of pyridine rings is 1. The number of benzene rings is 3. The maximum atomic E-state index is 14.6. The normalized spacial score (nSPS) is 12.5. The van der Waals surface area contributed by atoms with E-state index in [9.17, 15) is 18.0 Å². The molecule has 0 aliphatic carbocycles. The van der Waals surface area contributed by atoms with Crippen molar-refractivity contribution in [3.63, 3.8) is 0 Å². The largest absolute Gasteiger partial charge is 0.386 e. The lowest BCUT2D eigenvalue weighted by atomic mass is 10.0. The van der Waals surface area contributed by atoms with Gasteiger partial charge in [0.15, 0.2) is 5.65 Å². The first kappa shape index (κ1) is 30.1. The predicted molar refractivity (Wildman–Crippen MR) is 166 cm³/mol. The van der Waals surface area contributed by atoms with Gasteiger partial charge in [0.05, 0.1) is 39.1 Å². The van der Waals surface area contributed by atoms with Gasteiger partial charge in [-0.05, 0) is 72.5 Å². The Morgan fingerprint density at radius 3 is 2.47 bits per heavy atom. The van der Waals surface area contributed by atoms with Crippen molar-refractivity contribution in [3.8, 4) is 16.9 Å². The van der Waals surface area contributed by atoms with Gasteiger partial charge in [-0.2, -0.15) is 4.40 Å². The number of aromatic nitrogens is 3. The molecule has 0 saturated heterocycles. The van der Waals surface area contributed by atoms with Crippen LogP contribution in [0.15, 0.2) is 75.9 Å². The van der Waals surface area contributed by atoms with Crippen molar-refractivity contribution in [2.45, 2.75) is 12.5 Å². The number of fused-ring (bicyclic) bond motifs is 1. The first-order valence-corrected chi connectivity index (χ1v) is 14.5. The molecule has 8 nitrogen and oxygen atoms in total. The zero-order chi connectivity index (χ0) is 30.8. The second-order valence-corrected chi connectivity index (χ2v) is 10.4. The highest BCUT2D eigenvalue weighted by Gasteiger charge is 2.25. The molecule has 1 unspecified atom stereocenters. The van der Waals surface area contributed by atoms with E-state index in [0.29, 0.717) is 16.9 Å². The van der Waals surface area contributed by atoms with Crippen molar-refractivity contribution in [1.29, 1.82) is 0 Å². The molecule has 0 radical (unpaired) electrons. The van der Waals surface area contributed by atoms with Crippen molar-refractivity contribution in [1.82, 2.24) is 14.5 Å². The van der Waals surface area contributed by atoms with Gasteiger partial charge < -0.3 is 16.8 Å². The second-order valence-electron chi connectivity index (χ2n) is 9.47. The third-order valence-electron chi connectivity index (χ3n) is 6.69. The highest BCUT2D eigenvalue weighted by atomic mass is 35.5. The van der Waals surface area contributed by atoms with E-state index in [0.717, 1.165) is 30.1 Å². The van der Waals surface area contributed by atoms with Crippen LogP contribution in [0.25, 0.3) is 28.0 Å². The minimum absolute atomic E-state index is 0.0153.